The monoisotopic (exact) mass is 416 g/mol. The summed E-state index contributed by atoms with van der Waals surface area (Å²) in [6.07, 6.45) is 3.32. The van der Waals surface area contributed by atoms with Gasteiger partial charge in [-0.05, 0) is 35.9 Å². The summed E-state index contributed by atoms with van der Waals surface area (Å²) in [4.78, 5) is 17.0. The number of anilines is 1. The quantitative estimate of drug-likeness (QED) is 0.364. The molecule has 0 saturated carbocycles. The van der Waals surface area contributed by atoms with Gasteiger partial charge in [0.2, 0.25) is 5.91 Å². The first kappa shape index (κ1) is 19.1. The molecule has 4 aromatic rings. The molecule has 0 aliphatic carbocycles. The van der Waals surface area contributed by atoms with Crippen LogP contribution in [-0.2, 0) is 4.79 Å². The molecular weight excluding hydrogens is 400 g/mol. The summed E-state index contributed by atoms with van der Waals surface area (Å²) in [5.41, 5.74) is 4.56. The second kappa shape index (κ2) is 8.86. The van der Waals surface area contributed by atoms with Crippen LogP contribution < -0.4 is 5.32 Å². The third-order valence-corrected chi connectivity index (χ3v) is 5.39. The van der Waals surface area contributed by atoms with E-state index in [0.717, 1.165) is 33.1 Å². The van der Waals surface area contributed by atoms with Crippen molar-refractivity contribution >= 4 is 40.6 Å². The second-order valence-corrected chi connectivity index (χ2v) is 7.65. The maximum Gasteiger partial charge on any atom is 0.248 e. The van der Waals surface area contributed by atoms with Gasteiger partial charge >= 0.3 is 0 Å². The van der Waals surface area contributed by atoms with Crippen LogP contribution in [0.25, 0.3) is 27.9 Å². The number of nitrogens with one attached hydrogen (secondary N) is 1. The average molecular weight is 417 g/mol. The Bertz CT molecular complexity index is 1150. The number of rotatable bonds is 5. The number of aromatic nitrogens is 1. The predicted octanol–water partition coefficient (Wildman–Crippen LogP) is 6.78. The van der Waals surface area contributed by atoms with Crippen LogP contribution in [0.3, 0.4) is 0 Å². The summed E-state index contributed by atoms with van der Waals surface area (Å²) >= 11 is 7.54. The van der Waals surface area contributed by atoms with Crippen molar-refractivity contribution in [3.8, 4) is 21.8 Å². The Morgan fingerprint density at radius 2 is 1.72 bits per heavy atom. The first-order chi connectivity index (χ1) is 14.2. The van der Waals surface area contributed by atoms with Crippen molar-refractivity contribution in [3.05, 3.63) is 101 Å². The van der Waals surface area contributed by atoms with Crippen LogP contribution in [0.4, 0.5) is 5.69 Å². The number of hydrogen-bond donors (Lipinski definition) is 1. The van der Waals surface area contributed by atoms with Gasteiger partial charge in [0.15, 0.2) is 0 Å². The Morgan fingerprint density at radius 3 is 2.52 bits per heavy atom. The van der Waals surface area contributed by atoms with E-state index in [1.165, 1.54) is 6.08 Å². The van der Waals surface area contributed by atoms with E-state index in [0.29, 0.717) is 5.02 Å². The summed E-state index contributed by atoms with van der Waals surface area (Å²) in [6, 6.07) is 25.0. The number of carbonyl (C=O) groups is 1. The van der Waals surface area contributed by atoms with E-state index < -0.39 is 0 Å². The molecule has 1 heterocycles. The number of carbonyl (C=O) groups excluding carboxylic acids is 1. The van der Waals surface area contributed by atoms with Crippen molar-refractivity contribution in [1.82, 2.24) is 4.98 Å². The number of thiazole rings is 1. The normalized spacial score (nSPS) is 10.9. The van der Waals surface area contributed by atoms with Crippen molar-refractivity contribution in [3.63, 3.8) is 0 Å². The van der Waals surface area contributed by atoms with E-state index in [9.17, 15) is 4.79 Å². The molecule has 0 aliphatic heterocycles. The standard InChI is InChI=1S/C24H17ClN2OS/c25-20-12-10-18(11-13-20)24-27-22(16-29-24)19-7-4-8-21(15-19)26-23(28)14-9-17-5-2-1-3-6-17/h1-16H,(H,26,28)/b14-9+. The van der Waals surface area contributed by atoms with Gasteiger partial charge in [-0.1, -0.05) is 66.2 Å². The lowest BCUT2D eigenvalue weighted by Gasteiger charge is -2.04. The minimum absolute atomic E-state index is 0.175. The predicted molar refractivity (Wildman–Crippen MR) is 122 cm³/mol. The minimum atomic E-state index is -0.175. The number of hydrogen-bond acceptors (Lipinski definition) is 3. The van der Waals surface area contributed by atoms with Gasteiger partial charge in [0, 0.05) is 33.3 Å². The van der Waals surface area contributed by atoms with Crippen LogP contribution in [0.2, 0.25) is 5.02 Å². The lowest BCUT2D eigenvalue weighted by atomic mass is 10.1. The van der Waals surface area contributed by atoms with Gasteiger partial charge < -0.3 is 5.32 Å². The minimum Gasteiger partial charge on any atom is -0.322 e. The molecule has 0 spiro atoms. The fourth-order valence-corrected chi connectivity index (χ4v) is 3.77. The lowest BCUT2D eigenvalue weighted by Crippen LogP contribution is -2.07. The van der Waals surface area contributed by atoms with Crippen molar-refractivity contribution in [2.24, 2.45) is 0 Å². The molecule has 4 rings (SSSR count). The van der Waals surface area contributed by atoms with Gasteiger partial charge in [0.25, 0.3) is 0 Å². The Labute approximate surface area is 178 Å². The van der Waals surface area contributed by atoms with Crippen molar-refractivity contribution in [2.45, 2.75) is 0 Å². The fraction of sp³-hybridized carbons (Fsp3) is 0. The first-order valence-corrected chi connectivity index (χ1v) is 10.3. The topological polar surface area (TPSA) is 42.0 Å². The zero-order chi connectivity index (χ0) is 20.1. The van der Waals surface area contributed by atoms with Gasteiger partial charge in [-0.15, -0.1) is 11.3 Å². The third-order valence-electron chi connectivity index (χ3n) is 4.25. The van der Waals surface area contributed by atoms with E-state index in [-0.39, 0.29) is 5.91 Å². The summed E-state index contributed by atoms with van der Waals surface area (Å²) < 4.78 is 0. The molecule has 29 heavy (non-hydrogen) atoms. The average Bonchev–Trinajstić information content (AvgIpc) is 3.24. The van der Waals surface area contributed by atoms with E-state index in [1.807, 2.05) is 84.2 Å². The molecule has 0 atom stereocenters. The molecule has 0 aliphatic rings. The second-order valence-electron chi connectivity index (χ2n) is 6.36. The van der Waals surface area contributed by atoms with Gasteiger partial charge in [-0.2, -0.15) is 0 Å². The summed E-state index contributed by atoms with van der Waals surface area (Å²) in [5.74, 6) is -0.175. The maximum absolute atomic E-state index is 12.2. The molecule has 0 unspecified atom stereocenters. The van der Waals surface area contributed by atoms with Crippen LogP contribution in [0, 0.1) is 0 Å². The van der Waals surface area contributed by atoms with Gasteiger partial charge in [-0.3, -0.25) is 4.79 Å². The van der Waals surface area contributed by atoms with Crippen LogP contribution >= 0.6 is 22.9 Å². The Balaban J connectivity index is 1.48. The van der Waals surface area contributed by atoms with E-state index >= 15 is 0 Å². The van der Waals surface area contributed by atoms with Crippen LogP contribution in [0.15, 0.2) is 90.3 Å². The smallest absolute Gasteiger partial charge is 0.248 e. The highest BCUT2D eigenvalue weighted by Crippen LogP contribution is 2.30. The zero-order valence-corrected chi connectivity index (χ0v) is 17.0. The Morgan fingerprint density at radius 1 is 0.931 bits per heavy atom. The zero-order valence-electron chi connectivity index (χ0n) is 15.4. The Kier molecular flexibility index (Phi) is 5.84. The highest BCUT2D eigenvalue weighted by molar-refractivity contribution is 7.13. The molecule has 0 fully saturated rings. The molecular formula is C24H17ClN2OS. The molecule has 1 amide bonds. The molecule has 1 aromatic heterocycles. The molecule has 0 saturated heterocycles. The van der Waals surface area contributed by atoms with E-state index in [1.54, 1.807) is 17.4 Å². The first-order valence-electron chi connectivity index (χ1n) is 9.03. The van der Waals surface area contributed by atoms with Crippen LogP contribution in [-0.4, -0.2) is 10.9 Å². The highest BCUT2D eigenvalue weighted by Gasteiger charge is 2.08. The van der Waals surface area contributed by atoms with Crippen LogP contribution in [0.1, 0.15) is 5.56 Å². The van der Waals surface area contributed by atoms with E-state index in [4.69, 9.17) is 16.6 Å². The molecule has 3 aromatic carbocycles. The molecule has 0 bridgehead atoms. The SMILES string of the molecule is O=C(/C=C/c1ccccc1)Nc1cccc(-c2csc(-c3ccc(Cl)cc3)n2)c1. The van der Waals surface area contributed by atoms with Gasteiger partial charge in [0.05, 0.1) is 5.69 Å². The number of amides is 1. The van der Waals surface area contributed by atoms with E-state index in [2.05, 4.69) is 5.32 Å². The number of halogens is 1. The maximum atomic E-state index is 12.2. The molecule has 1 N–H and O–H groups in total. The number of benzene rings is 3. The Hall–Kier alpha value is -3.21. The van der Waals surface area contributed by atoms with Crippen molar-refractivity contribution in [2.75, 3.05) is 5.32 Å². The van der Waals surface area contributed by atoms with Crippen LogP contribution in [0.5, 0.6) is 0 Å². The largest absolute Gasteiger partial charge is 0.322 e. The van der Waals surface area contributed by atoms with Crippen molar-refractivity contribution in [1.29, 1.82) is 0 Å². The number of nitrogens with zero attached hydrogens (tertiary/aromatic N) is 1. The molecule has 0 radical (unpaired) electrons. The summed E-state index contributed by atoms with van der Waals surface area (Å²) in [5, 5.41) is 6.55. The van der Waals surface area contributed by atoms with Crippen molar-refractivity contribution < 1.29 is 4.79 Å². The highest BCUT2D eigenvalue weighted by atomic mass is 35.5. The van der Waals surface area contributed by atoms with Gasteiger partial charge in [-0.25, -0.2) is 4.98 Å². The third kappa shape index (κ3) is 4.99. The molecule has 5 heteroatoms. The lowest BCUT2D eigenvalue weighted by molar-refractivity contribution is -0.111. The van der Waals surface area contributed by atoms with Gasteiger partial charge in [0.1, 0.15) is 5.01 Å². The fourth-order valence-electron chi connectivity index (χ4n) is 2.81. The molecule has 142 valence electrons. The summed E-state index contributed by atoms with van der Waals surface area (Å²) in [6.45, 7) is 0. The molecule has 3 nitrogen and oxygen atoms in total. The summed E-state index contributed by atoms with van der Waals surface area (Å²) in [7, 11) is 0.